The second-order valence-corrected chi connectivity index (χ2v) is 7.49. The topological polar surface area (TPSA) is 66.4 Å². The molecule has 2 saturated heterocycles. The number of aryl methyl sites for hydroxylation is 1. The number of anilines is 1. The molecule has 0 aliphatic carbocycles. The Balaban J connectivity index is 1.46. The van der Waals surface area contributed by atoms with E-state index in [1.165, 1.54) is 0 Å². The van der Waals surface area contributed by atoms with Crippen LogP contribution in [0.3, 0.4) is 0 Å². The average Bonchev–Trinajstić information content (AvgIpc) is 2.71. The SMILES string of the molecule is Cc1ncc(C(=O)N2CCC3(CCCN(c4ccccc4)C3=O)CC2)cn1. The number of piperidine rings is 2. The number of benzene rings is 1. The van der Waals surface area contributed by atoms with Crippen LogP contribution >= 0.6 is 0 Å². The molecule has 4 rings (SSSR count). The van der Waals surface area contributed by atoms with Gasteiger partial charge in [-0.2, -0.15) is 0 Å². The Bertz CT molecular complexity index is 827. The fraction of sp³-hybridized carbons (Fsp3) is 0.429. The van der Waals surface area contributed by atoms with Gasteiger partial charge in [0.15, 0.2) is 0 Å². The molecule has 2 aliphatic heterocycles. The highest BCUT2D eigenvalue weighted by Crippen LogP contribution is 2.42. The average molecular weight is 364 g/mol. The first-order chi connectivity index (χ1) is 13.1. The Morgan fingerprint density at radius 2 is 1.67 bits per heavy atom. The molecule has 0 saturated carbocycles. The standard InChI is InChI=1S/C21H24N4O2/c1-16-22-14-17(15-23-16)19(26)24-12-9-21(10-13-24)8-5-11-25(20(21)27)18-6-3-2-4-7-18/h2-4,6-7,14-15H,5,8-13H2,1H3. The molecule has 0 atom stereocenters. The summed E-state index contributed by atoms with van der Waals surface area (Å²) in [7, 11) is 0. The zero-order valence-electron chi connectivity index (χ0n) is 15.6. The lowest BCUT2D eigenvalue weighted by atomic mass is 9.71. The summed E-state index contributed by atoms with van der Waals surface area (Å²) in [4.78, 5) is 38.0. The van der Waals surface area contributed by atoms with Crippen molar-refractivity contribution in [3.05, 3.63) is 54.1 Å². The number of amides is 2. The van der Waals surface area contributed by atoms with Crippen molar-refractivity contribution in [2.24, 2.45) is 5.41 Å². The number of hydrogen-bond donors (Lipinski definition) is 0. The number of carbonyl (C=O) groups is 2. The van der Waals surface area contributed by atoms with Crippen LogP contribution in [0.1, 0.15) is 41.9 Å². The number of hydrogen-bond acceptors (Lipinski definition) is 4. The van der Waals surface area contributed by atoms with Crippen molar-refractivity contribution < 1.29 is 9.59 Å². The molecular formula is C21H24N4O2. The molecule has 1 aromatic carbocycles. The van der Waals surface area contributed by atoms with E-state index >= 15 is 0 Å². The first kappa shape index (κ1) is 17.6. The summed E-state index contributed by atoms with van der Waals surface area (Å²) in [6.45, 7) is 3.77. The van der Waals surface area contributed by atoms with Gasteiger partial charge >= 0.3 is 0 Å². The Hall–Kier alpha value is -2.76. The summed E-state index contributed by atoms with van der Waals surface area (Å²) in [5.74, 6) is 0.816. The summed E-state index contributed by atoms with van der Waals surface area (Å²) in [6.07, 6.45) is 6.50. The monoisotopic (exact) mass is 364 g/mol. The molecule has 2 aromatic rings. The zero-order valence-corrected chi connectivity index (χ0v) is 15.6. The minimum Gasteiger partial charge on any atom is -0.338 e. The maximum Gasteiger partial charge on any atom is 0.256 e. The van der Waals surface area contributed by atoms with E-state index in [2.05, 4.69) is 9.97 Å². The molecule has 0 N–H and O–H groups in total. The molecule has 27 heavy (non-hydrogen) atoms. The number of nitrogens with zero attached hydrogens (tertiary/aromatic N) is 4. The third-order valence-corrected chi connectivity index (χ3v) is 5.84. The van der Waals surface area contributed by atoms with Crippen molar-refractivity contribution in [1.82, 2.24) is 14.9 Å². The molecule has 2 fully saturated rings. The predicted octanol–water partition coefficient (Wildman–Crippen LogP) is 2.83. The highest BCUT2D eigenvalue weighted by atomic mass is 16.2. The fourth-order valence-corrected chi connectivity index (χ4v) is 4.21. The van der Waals surface area contributed by atoms with Crippen LogP contribution in [0.4, 0.5) is 5.69 Å². The van der Waals surface area contributed by atoms with E-state index in [1.54, 1.807) is 19.3 Å². The van der Waals surface area contributed by atoms with Gasteiger partial charge < -0.3 is 9.80 Å². The van der Waals surface area contributed by atoms with Crippen LogP contribution in [0.15, 0.2) is 42.7 Å². The Kier molecular flexibility index (Phi) is 4.64. The number of aromatic nitrogens is 2. The summed E-state index contributed by atoms with van der Waals surface area (Å²) in [5, 5.41) is 0. The van der Waals surface area contributed by atoms with E-state index in [4.69, 9.17) is 0 Å². The van der Waals surface area contributed by atoms with Gasteiger partial charge in [0, 0.05) is 37.7 Å². The minimum atomic E-state index is -0.339. The maximum absolute atomic E-state index is 13.3. The molecule has 2 amide bonds. The largest absolute Gasteiger partial charge is 0.338 e. The quantitative estimate of drug-likeness (QED) is 0.822. The smallest absolute Gasteiger partial charge is 0.256 e. The molecule has 0 bridgehead atoms. The van der Waals surface area contributed by atoms with Crippen LogP contribution in [-0.4, -0.2) is 46.3 Å². The van der Waals surface area contributed by atoms with E-state index in [-0.39, 0.29) is 17.2 Å². The van der Waals surface area contributed by atoms with Gasteiger partial charge in [-0.3, -0.25) is 9.59 Å². The van der Waals surface area contributed by atoms with Crippen LogP contribution in [0.5, 0.6) is 0 Å². The molecule has 1 aromatic heterocycles. The molecule has 6 nitrogen and oxygen atoms in total. The number of likely N-dealkylation sites (tertiary alicyclic amines) is 1. The Morgan fingerprint density at radius 1 is 1.00 bits per heavy atom. The van der Waals surface area contributed by atoms with Crippen molar-refractivity contribution >= 4 is 17.5 Å². The lowest BCUT2D eigenvalue weighted by molar-refractivity contribution is -0.133. The zero-order chi connectivity index (χ0) is 18.9. The van der Waals surface area contributed by atoms with Gasteiger partial charge in [0.2, 0.25) is 5.91 Å². The van der Waals surface area contributed by atoms with Crippen molar-refractivity contribution in [3.63, 3.8) is 0 Å². The van der Waals surface area contributed by atoms with Gasteiger partial charge in [-0.25, -0.2) is 9.97 Å². The summed E-state index contributed by atoms with van der Waals surface area (Å²) >= 11 is 0. The van der Waals surface area contributed by atoms with E-state index in [1.807, 2.05) is 40.1 Å². The fourth-order valence-electron chi connectivity index (χ4n) is 4.21. The van der Waals surface area contributed by atoms with Gasteiger partial charge in [0.25, 0.3) is 5.91 Å². The van der Waals surface area contributed by atoms with E-state index in [9.17, 15) is 9.59 Å². The molecular weight excluding hydrogens is 340 g/mol. The second kappa shape index (κ2) is 7.10. The maximum atomic E-state index is 13.3. The van der Waals surface area contributed by atoms with E-state index in [0.717, 1.165) is 25.1 Å². The van der Waals surface area contributed by atoms with Crippen molar-refractivity contribution in [1.29, 1.82) is 0 Å². The molecule has 1 spiro atoms. The van der Waals surface area contributed by atoms with Crippen molar-refractivity contribution in [2.45, 2.75) is 32.6 Å². The second-order valence-electron chi connectivity index (χ2n) is 7.49. The van der Waals surface area contributed by atoms with E-state index < -0.39 is 0 Å². The van der Waals surface area contributed by atoms with Crippen LogP contribution in [-0.2, 0) is 4.79 Å². The predicted molar refractivity (Wildman–Crippen MR) is 102 cm³/mol. The number of carbonyl (C=O) groups excluding carboxylic acids is 2. The summed E-state index contributed by atoms with van der Waals surface area (Å²) in [5.41, 5.74) is 1.14. The molecule has 6 heteroatoms. The summed E-state index contributed by atoms with van der Waals surface area (Å²) < 4.78 is 0. The molecule has 2 aliphatic rings. The third-order valence-electron chi connectivity index (χ3n) is 5.84. The van der Waals surface area contributed by atoms with Crippen LogP contribution in [0, 0.1) is 12.3 Å². The first-order valence-electron chi connectivity index (χ1n) is 9.54. The minimum absolute atomic E-state index is 0.0481. The Labute approximate surface area is 159 Å². The first-order valence-corrected chi connectivity index (χ1v) is 9.54. The van der Waals surface area contributed by atoms with Gasteiger partial charge in [0.1, 0.15) is 5.82 Å². The number of para-hydroxylation sites is 1. The van der Waals surface area contributed by atoms with Gasteiger partial charge in [-0.05, 0) is 44.7 Å². The normalized spacial score (nSPS) is 19.4. The lowest BCUT2D eigenvalue weighted by Crippen LogP contribution is -2.54. The van der Waals surface area contributed by atoms with Crippen LogP contribution in [0.2, 0.25) is 0 Å². The van der Waals surface area contributed by atoms with Gasteiger partial charge in [-0.1, -0.05) is 18.2 Å². The molecule has 3 heterocycles. The molecule has 140 valence electrons. The van der Waals surface area contributed by atoms with Crippen molar-refractivity contribution in [3.8, 4) is 0 Å². The highest BCUT2D eigenvalue weighted by Gasteiger charge is 2.46. The van der Waals surface area contributed by atoms with Gasteiger partial charge in [-0.15, -0.1) is 0 Å². The van der Waals surface area contributed by atoms with Crippen LogP contribution < -0.4 is 4.90 Å². The summed E-state index contributed by atoms with van der Waals surface area (Å²) in [6, 6.07) is 9.89. The Morgan fingerprint density at radius 3 is 2.33 bits per heavy atom. The lowest BCUT2D eigenvalue weighted by Gasteiger charge is -2.46. The number of rotatable bonds is 2. The van der Waals surface area contributed by atoms with Gasteiger partial charge in [0.05, 0.1) is 11.0 Å². The third kappa shape index (κ3) is 3.31. The molecule has 0 radical (unpaired) electrons. The van der Waals surface area contributed by atoms with Crippen LogP contribution in [0.25, 0.3) is 0 Å². The van der Waals surface area contributed by atoms with E-state index in [0.29, 0.717) is 37.3 Å². The van der Waals surface area contributed by atoms with Crippen molar-refractivity contribution in [2.75, 3.05) is 24.5 Å². The molecule has 0 unspecified atom stereocenters. The highest BCUT2D eigenvalue weighted by molar-refractivity contribution is 5.99.